The first-order valence-corrected chi connectivity index (χ1v) is 8.74. The number of β-amino-alcohol motifs (C(OH)–C–C–N with tert-alkyl or cyclic N) is 1. The van der Waals surface area contributed by atoms with Gasteiger partial charge in [-0.1, -0.05) is 18.2 Å². The Bertz CT molecular complexity index is 909. The summed E-state index contributed by atoms with van der Waals surface area (Å²) in [6, 6.07) is 9.89. The van der Waals surface area contributed by atoms with Crippen molar-refractivity contribution in [2.24, 2.45) is 0 Å². The van der Waals surface area contributed by atoms with Crippen LogP contribution in [-0.4, -0.2) is 56.6 Å². The number of para-hydroxylation sites is 1. The van der Waals surface area contributed by atoms with Crippen LogP contribution in [0, 0.1) is 0 Å². The minimum atomic E-state index is -0.633. The van der Waals surface area contributed by atoms with Crippen LogP contribution in [0.4, 0.5) is 0 Å². The Kier molecular flexibility index (Phi) is 4.64. The summed E-state index contributed by atoms with van der Waals surface area (Å²) in [6.45, 7) is 2.38. The predicted octanol–water partition coefficient (Wildman–Crippen LogP) is 1.11. The number of carbonyl (C=O) groups is 1. The molecule has 0 spiro atoms. The van der Waals surface area contributed by atoms with E-state index in [9.17, 15) is 9.90 Å². The standard InChI is InChI=1S/C19H21N5O2/c25-13(9-21-19(26)17-5-7-20-12-22-17)10-24-8-6-15-14-3-1-2-4-16(14)23-18(15)11-24/h1-5,7,12-13,23,25H,6,8-11H2,(H,21,26). The first kappa shape index (κ1) is 16.7. The molecule has 3 heterocycles. The molecular formula is C19H21N5O2. The van der Waals surface area contributed by atoms with Gasteiger partial charge >= 0.3 is 0 Å². The number of nitrogens with one attached hydrogen (secondary N) is 2. The maximum absolute atomic E-state index is 12.0. The van der Waals surface area contributed by atoms with Crippen LogP contribution in [0.3, 0.4) is 0 Å². The van der Waals surface area contributed by atoms with Crippen LogP contribution in [0.25, 0.3) is 10.9 Å². The van der Waals surface area contributed by atoms with Gasteiger partial charge < -0.3 is 15.4 Å². The Labute approximate surface area is 151 Å². The smallest absolute Gasteiger partial charge is 0.270 e. The number of benzene rings is 1. The molecule has 1 unspecified atom stereocenters. The zero-order valence-electron chi connectivity index (χ0n) is 14.4. The zero-order valence-corrected chi connectivity index (χ0v) is 14.4. The van der Waals surface area contributed by atoms with E-state index in [1.807, 2.05) is 6.07 Å². The third kappa shape index (κ3) is 3.44. The first-order chi connectivity index (χ1) is 12.7. The normalized spacial score (nSPS) is 15.6. The number of hydrogen-bond donors (Lipinski definition) is 3. The molecule has 0 aliphatic carbocycles. The third-order valence-corrected chi connectivity index (χ3v) is 4.74. The van der Waals surface area contributed by atoms with Gasteiger partial charge in [0.05, 0.1) is 6.10 Å². The fourth-order valence-corrected chi connectivity index (χ4v) is 3.49. The number of rotatable bonds is 5. The molecule has 1 aromatic carbocycles. The third-order valence-electron chi connectivity index (χ3n) is 4.74. The number of hydrogen-bond acceptors (Lipinski definition) is 5. The van der Waals surface area contributed by atoms with Crippen LogP contribution in [0.2, 0.25) is 0 Å². The molecular weight excluding hydrogens is 330 g/mol. The van der Waals surface area contributed by atoms with Crippen molar-refractivity contribution in [1.29, 1.82) is 0 Å². The predicted molar refractivity (Wildman–Crippen MR) is 97.7 cm³/mol. The lowest BCUT2D eigenvalue weighted by atomic mass is 10.0. The highest BCUT2D eigenvalue weighted by molar-refractivity contribution is 5.92. The molecule has 0 bridgehead atoms. The molecule has 4 rings (SSSR count). The van der Waals surface area contributed by atoms with Gasteiger partial charge in [-0.25, -0.2) is 9.97 Å². The van der Waals surface area contributed by atoms with E-state index in [1.165, 1.54) is 29.2 Å². The summed E-state index contributed by atoms with van der Waals surface area (Å²) in [5.74, 6) is -0.303. The van der Waals surface area contributed by atoms with Crippen LogP contribution in [0.5, 0.6) is 0 Å². The molecule has 1 aliphatic heterocycles. The van der Waals surface area contributed by atoms with Gasteiger partial charge in [-0.2, -0.15) is 0 Å². The Balaban J connectivity index is 1.33. The SMILES string of the molecule is O=C(NCC(O)CN1CCc2c([nH]c3ccccc23)C1)c1ccncn1. The van der Waals surface area contributed by atoms with Crippen LogP contribution in [0.1, 0.15) is 21.7 Å². The number of carbonyl (C=O) groups excluding carboxylic acids is 1. The van der Waals surface area contributed by atoms with Gasteiger partial charge in [-0.3, -0.25) is 9.69 Å². The highest BCUT2D eigenvalue weighted by Gasteiger charge is 2.22. The topological polar surface area (TPSA) is 94.1 Å². The van der Waals surface area contributed by atoms with Crippen LogP contribution >= 0.6 is 0 Å². The summed E-state index contributed by atoms with van der Waals surface area (Å²) in [7, 11) is 0. The maximum atomic E-state index is 12.0. The lowest BCUT2D eigenvalue weighted by Gasteiger charge is -2.28. The molecule has 1 atom stereocenters. The molecule has 0 fully saturated rings. The van der Waals surface area contributed by atoms with Gasteiger partial charge in [-0.05, 0) is 24.1 Å². The fourth-order valence-electron chi connectivity index (χ4n) is 3.49. The van der Waals surface area contributed by atoms with E-state index >= 15 is 0 Å². The average molecular weight is 351 g/mol. The van der Waals surface area contributed by atoms with Gasteiger partial charge in [0.25, 0.3) is 5.91 Å². The Morgan fingerprint density at radius 3 is 3.08 bits per heavy atom. The molecule has 0 saturated carbocycles. The van der Waals surface area contributed by atoms with E-state index < -0.39 is 6.10 Å². The van der Waals surface area contributed by atoms with Crippen molar-refractivity contribution in [2.45, 2.75) is 19.1 Å². The van der Waals surface area contributed by atoms with E-state index in [0.717, 1.165) is 25.0 Å². The van der Waals surface area contributed by atoms with Crippen molar-refractivity contribution in [3.63, 3.8) is 0 Å². The van der Waals surface area contributed by atoms with Crippen molar-refractivity contribution >= 4 is 16.8 Å². The summed E-state index contributed by atoms with van der Waals surface area (Å²) in [5, 5.41) is 14.3. The second-order valence-corrected chi connectivity index (χ2v) is 6.57. The Hall–Kier alpha value is -2.77. The van der Waals surface area contributed by atoms with Crippen LogP contribution in [0.15, 0.2) is 42.9 Å². The lowest BCUT2D eigenvalue weighted by molar-refractivity contribution is 0.0836. The number of aromatic amines is 1. The van der Waals surface area contributed by atoms with E-state index in [0.29, 0.717) is 12.2 Å². The minimum absolute atomic E-state index is 0.193. The minimum Gasteiger partial charge on any atom is -0.390 e. The summed E-state index contributed by atoms with van der Waals surface area (Å²) in [5.41, 5.74) is 4.06. The van der Waals surface area contributed by atoms with Gasteiger partial charge in [0.15, 0.2) is 0 Å². The second kappa shape index (κ2) is 7.23. The fraction of sp³-hybridized carbons (Fsp3) is 0.316. The van der Waals surface area contributed by atoms with E-state index in [1.54, 1.807) is 6.07 Å². The molecule has 0 radical (unpaired) electrons. The van der Waals surface area contributed by atoms with Crippen molar-refractivity contribution < 1.29 is 9.90 Å². The van der Waals surface area contributed by atoms with Gasteiger partial charge in [0, 0.05) is 49.0 Å². The van der Waals surface area contributed by atoms with Gasteiger partial charge in [-0.15, -0.1) is 0 Å². The highest BCUT2D eigenvalue weighted by Crippen LogP contribution is 2.27. The van der Waals surface area contributed by atoms with E-state index in [2.05, 4.69) is 43.4 Å². The van der Waals surface area contributed by atoms with Crippen LogP contribution in [-0.2, 0) is 13.0 Å². The summed E-state index contributed by atoms with van der Waals surface area (Å²) < 4.78 is 0. The molecule has 2 aromatic heterocycles. The number of H-pyrrole nitrogens is 1. The maximum Gasteiger partial charge on any atom is 0.270 e. The molecule has 134 valence electrons. The first-order valence-electron chi connectivity index (χ1n) is 8.74. The molecule has 3 N–H and O–H groups in total. The largest absolute Gasteiger partial charge is 0.390 e. The Morgan fingerprint density at radius 2 is 2.23 bits per heavy atom. The van der Waals surface area contributed by atoms with Gasteiger partial charge in [0.1, 0.15) is 12.0 Å². The lowest BCUT2D eigenvalue weighted by Crippen LogP contribution is -2.42. The quantitative estimate of drug-likeness (QED) is 0.640. The summed E-state index contributed by atoms with van der Waals surface area (Å²) in [4.78, 5) is 25.3. The molecule has 1 aliphatic rings. The number of amides is 1. The molecule has 7 nitrogen and oxygen atoms in total. The number of fused-ring (bicyclic) bond motifs is 3. The molecule has 3 aromatic rings. The molecule has 1 amide bonds. The summed E-state index contributed by atoms with van der Waals surface area (Å²) in [6.07, 6.45) is 3.17. The highest BCUT2D eigenvalue weighted by atomic mass is 16.3. The monoisotopic (exact) mass is 351 g/mol. The molecule has 26 heavy (non-hydrogen) atoms. The number of aliphatic hydroxyl groups is 1. The van der Waals surface area contributed by atoms with Crippen molar-refractivity contribution in [1.82, 2.24) is 25.2 Å². The second-order valence-electron chi connectivity index (χ2n) is 6.57. The van der Waals surface area contributed by atoms with E-state index in [4.69, 9.17) is 0 Å². The molecule has 7 heteroatoms. The van der Waals surface area contributed by atoms with Crippen molar-refractivity contribution in [2.75, 3.05) is 19.6 Å². The average Bonchev–Trinajstić information content (AvgIpc) is 3.04. The number of nitrogens with zero attached hydrogens (tertiary/aromatic N) is 3. The Morgan fingerprint density at radius 1 is 1.35 bits per heavy atom. The van der Waals surface area contributed by atoms with Crippen molar-refractivity contribution in [3.8, 4) is 0 Å². The number of aliphatic hydroxyl groups excluding tert-OH is 1. The zero-order chi connectivity index (χ0) is 17.9. The van der Waals surface area contributed by atoms with Crippen LogP contribution < -0.4 is 5.32 Å². The van der Waals surface area contributed by atoms with Crippen molar-refractivity contribution in [3.05, 3.63) is 59.8 Å². The van der Waals surface area contributed by atoms with Gasteiger partial charge in [0.2, 0.25) is 0 Å². The van der Waals surface area contributed by atoms with E-state index in [-0.39, 0.29) is 12.5 Å². The number of aromatic nitrogens is 3. The molecule has 0 saturated heterocycles. The summed E-state index contributed by atoms with van der Waals surface area (Å²) >= 11 is 0.